The molecule has 2 heterocycles. The zero-order valence-corrected chi connectivity index (χ0v) is 22.3. The second kappa shape index (κ2) is 12.0. The van der Waals surface area contributed by atoms with Crippen LogP contribution in [0.1, 0.15) is 47.9 Å². The molecule has 4 rings (SSSR count). The number of hydroxylamine groups is 2. The van der Waals surface area contributed by atoms with E-state index in [0.29, 0.717) is 30.3 Å². The smallest absolute Gasteiger partial charge is 0.407 e. The van der Waals surface area contributed by atoms with Crippen LogP contribution in [-0.4, -0.2) is 68.5 Å². The molecule has 0 bridgehead atoms. The second-order valence-electron chi connectivity index (χ2n) is 10.00. The molecule has 0 unspecified atom stereocenters. The fourth-order valence-electron chi connectivity index (χ4n) is 3.83. The van der Waals surface area contributed by atoms with Gasteiger partial charge in [-0.15, -0.1) is 5.06 Å². The summed E-state index contributed by atoms with van der Waals surface area (Å²) < 4.78 is 12.7. The monoisotopic (exact) mass is 550 g/mol. The molecule has 0 aliphatic carbocycles. The molecule has 2 aromatic carbocycles. The number of nitrogens with one attached hydrogen (secondary N) is 1. The van der Waals surface area contributed by atoms with Crippen LogP contribution in [0.25, 0.3) is 11.3 Å². The molecule has 12 nitrogen and oxygen atoms in total. The Morgan fingerprint density at radius 2 is 1.68 bits per heavy atom. The Morgan fingerprint density at radius 3 is 2.27 bits per heavy atom. The Morgan fingerprint density at radius 1 is 1.02 bits per heavy atom. The normalized spacial score (nSPS) is 13.6. The van der Waals surface area contributed by atoms with Crippen molar-refractivity contribution in [3.05, 3.63) is 72.2 Å². The van der Waals surface area contributed by atoms with Gasteiger partial charge in [-0.2, -0.15) is 0 Å². The second-order valence-corrected chi connectivity index (χ2v) is 10.00. The first-order chi connectivity index (χ1) is 19.0. The number of carboxylic acid groups (broad SMARTS) is 1. The molecule has 1 aliphatic rings. The number of amides is 3. The maximum Gasteiger partial charge on any atom is 0.407 e. The number of benzene rings is 2. The van der Waals surface area contributed by atoms with Gasteiger partial charge in [-0.1, -0.05) is 12.1 Å². The minimum atomic E-state index is -1.60. The summed E-state index contributed by atoms with van der Waals surface area (Å²) in [6.07, 6.45) is 2.21. The van der Waals surface area contributed by atoms with Crippen molar-refractivity contribution >= 4 is 23.9 Å². The van der Waals surface area contributed by atoms with Gasteiger partial charge in [-0.3, -0.25) is 9.59 Å². The average Bonchev–Trinajstić information content (AvgIpc) is 3.47. The molecule has 1 aliphatic heterocycles. The molecule has 0 saturated heterocycles. The van der Waals surface area contributed by atoms with Gasteiger partial charge in [0.25, 0.3) is 11.8 Å². The van der Waals surface area contributed by atoms with Gasteiger partial charge in [-0.05, 0) is 63.6 Å². The number of ether oxygens (including phenoxy) is 2. The molecular formula is C28H30N4O8. The van der Waals surface area contributed by atoms with E-state index in [1.165, 1.54) is 12.1 Å². The number of aliphatic carboxylic acids is 1. The zero-order chi connectivity index (χ0) is 28.9. The molecule has 12 heteroatoms. The first kappa shape index (κ1) is 28.3. The molecule has 0 saturated carbocycles. The van der Waals surface area contributed by atoms with E-state index in [1.54, 1.807) is 63.5 Å². The summed E-state index contributed by atoms with van der Waals surface area (Å²) in [7, 11) is 0. The molecule has 1 aromatic heterocycles. The van der Waals surface area contributed by atoms with E-state index in [0.717, 1.165) is 11.3 Å². The third-order valence-electron chi connectivity index (χ3n) is 5.71. The molecular weight excluding hydrogens is 520 g/mol. The first-order valence-corrected chi connectivity index (χ1v) is 12.6. The highest BCUT2D eigenvalue weighted by Crippen LogP contribution is 2.24. The predicted molar refractivity (Wildman–Crippen MR) is 141 cm³/mol. The fraction of sp³-hybridized carbons (Fsp3) is 0.321. The summed E-state index contributed by atoms with van der Waals surface area (Å²) in [5.41, 5.74) is 1.29. The highest BCUT2D eigenvalue weighted by molar-refractivity contribution is 6.20. The minimum Gasteiger partial charge on any atom is -0.490 e. The number of aryl methyl sites for hydroxylation is 1. The maximum absolute atomic E-state index is 12.5. The van der Waals surface area contributed by atoms with Crippen LogP contribution in [0.2, 0.25) is 0 Å². The molecule has 0 fully saturated rings. The van der Waals surface area contributed by atoms with Gasteiger partial charge in [0.15, 0.2) is 0 Å². The minimum absolute atomic E-state index is 0.146. The van der Waals surface area contributed by atoms with E-state index in [1.807, 2.05) is 10.8 Å². The highest BCUT2D eigenvalue weighted by atomic mass is 16.7. The quantitative estimate of drug-likeness (QED) is 0.270. The number of imidazole rings is 1. The number of nitrogens with zero attached hydrogens (tertiary/aromatic N) is 3. The number of carboxylic acids is 1. The fourth-order valence-corrected chi connectivity index (χ4v) is 3.83. The number of alkyl carbamates (subject to hydrolysis) is 1. The van der Waals surface area contributed by atoms with Crippen LogP contribution in [0.4, 0.5) is 4.79 Å². The largest absolute Gasteiger partial charge is 0.490 e. The standard InChI is InChI=1S/C28H30N4O8/c1-28(2,3)39-27(37)29-13-6-14-31-15-22(30-17-31)18-9-11-19(12-10-18)38-16-23(26(35)36)40-32-24(33)20-7-4-5-8-21(20)25(32)34/h4-5,7-12,15,17,23H,6,13-14,16H2,1-3H3,(H,29,37)(H,35,36)/t23-/m0/s1. The average molecular weight is 551 g/mol. The Balaban J connectivity index is 1.27. The lowest BCUT2D eigenvalue weighted by Gasteiger charge is -2.19. The summed E-state index contributed by atoms with van der Waals surface area (Å²) in [5.74, 6) is -2.47. The Hall–Kier alpha value is -4.71. The Labute approximate surface area is 230 Å². The van der Waals surface area contributed by atoms with Crippen molar-refractivity contribution < 1.29 is 38.6 Å². The van der Waals surface area contributed by atoms with Crippen LogP contribution < -0.4 is 10.1 Å². The van der Waals surface area contributed by atoms with Gasteiger partial charge in [-0.25, -0.2) is 19.4 Å². The number of hydrogen-bond acceptors (Lipinski definition) is 8. The lowest BCUT2D eigenvalue weighted by atomic mass is 10.1. The van der Waals surface area contributed by atoms with E-state index in [9.17, 15) is 24.3 Å². The number of aromatic nitrogens is 2. The number of fused-ring (bicyclic) bond motifs is 1. The molecule has 40 heavy (non-hydrogen) atoms. The summed E-state index contributed by atoms with van der Waals surface area (Å²) in [6, 6.07) is 13.0. The van der Waals surface area contributed by atoms with Crippen molar-refractivity contribution in [2.45, 2.75) is 45.4 Å². The van der Waals surface area contributed by atoms with E-state index in [2.05, 4.69) is 10.3 Å². The lowest BCUT2D eigenvalue weighted by molar-refractivity contribution is -0.178. The van der Waals surface area contributed by atoms with Crippen molar-refractivity contribution in [1.82, 2.24) is 19.9 Å². The number of rotatable bonds is 11. The van der Waals surface area contributed by atoms with Gasteiger partial charge in [0.1, 0.15) is 18.0 Å². The maximum atomic E-state index is 12.5. The van der Waals surface area contributed by atoms with Crippen molar-refractivity contribution in [2.75, 3.05) is 13.2 Å². The van der Waals surface area contributed by atoms with E-state index in [-0.39, 0.29) is 11.1 Å². The van der Waals surface area contributed by atoms with Gasteiger partial charge in [0.2, 0.25) is 6.10 Å². The number of carbonyl (C=O) groups is 4. The lowest BCUT2D eigenvalue weighted by Crippen LogP contribution is -2.41. The highest BCUT2D eigenvalue weighted by Gasteiger charge is 2.39. The van der Waals surface area contributed by atoms with Crippen molar-refractivity contribution in [3.63, 3.8) is 0 Å². The van der Waals surface area contributed by atoms with Crippen LogP contribution in [0, 0.1) is 0 Å². The SMILES string of the molecule is CC(C)(C)OC(=O)NCCCn1cnc(-c2ccc(OC[C@H](ON3C(=O)c4ccccc4C3=O)C(=O)O)cc2)c1. The third-order valence-corrected chi connectivity index (χ3v) is 5.71. The third kappa shape index (κ3) is 7.03. The van der Waals surface area contributed by atoms with E-state index < -0.39 is 42.2 Å². The van der Waals surface area contributed by atoms with E-state index >= 15 is 0 Å². The molecule has 0 radical (unpaired) electrons. The first-order valence-electron chi connectivity index (χ1n) is 12.6. The molecule has 1 atom stereocenters. The van der Waals surface area contributed by atoms with Crippen molar-refractivity contribution in [2.24, 2.45) is 0 Å². The van der Waals surface area contributed by atoms with Gasteiger partial charge < -0.3 is 24.5 Å². The molecule has 210 valence electrons. The zero-order valence-electron chi connectivity index (χ0n) is 22.3. The predicted octanol–water partition coefficient (Wildman–Crippen LogP) is 3.52. The van der Waals surface area contributed by atoms with Crippen LogP contribution in [0.15, 0.2) is 61.1 Å². The van der Waals surface area contributed by atoms with Crippen LogP contribution in [0.5, 0.6) is 5.75 Å². The molecule has 3 amide bonds. The van der Waals surface area contributed by atoms with E-state index in [4.69, 9.17) is 14.3 Å². The summed E-state index contributed by atoms with van der Waals surface area (Å²) in [6.45, 7) is 6.09. The number of imide groups is 1. The van der Waals surface area contributed by atoms with Crippen LogP contribution in [-0.2, 0) is 20.9 Å². The molecule has 0 spiro atoms. The van der Waals surface area contributed by atoms with Gasteiger partial charge in [0.05, 0.1) is 23.1 Å². The number of hydrogen-bond donors (Lipinski definition) is 2. The summed E-state index contributed by atoms with van der Waals surface area (Å²) in [4.78, 5) is 58.0. The Bertz CT molecular complexity index is 1360. The summed E-state index contributed by atoms with van der Waals surface area (Å²) in [5, 5.41) is 12.7. The Kier molecular flexibility index (Phi) is 8.49. The van der Waals surface area contributed by atoms with Crippen LogP contribution >= 0.6 is 0 Å². The number of carbonyl (C=O) groups excluding carboxylic acids is 3. The molecule has 3 aromatic rings. The summed E-state index contributed by atoms with van der Waals surface area (Å²) >= 11 is 0. The van der Waals surface area contributed by atoms with Gasteiger partial charge in [0, 0.05) is 24.8 Å². The van der Waals surface area contributed by atoms with Crippen molar-refractivity contribution in [1.29, 1.82) is 0 Å². The molecule has 2 N–H and O–H groups in total. The van der Waals surface area contributed by atoms with Crippen LogP contribution in [0.3, 0.4) is 0 Å². The van der Waals surface area contributed by atoms with Crippen molar-refractivity contribution in [3.8, 4) is 17.0 Å². The van der Waals surface area contributed by atoms with Gasteiger partial charge >= 0.3 is 12.1 Å². The topological polar surface area (TPSA) is 149 Å².